The lowest BCUT2D eigenvalue weighted by atomic mass is 10.1. The number of hydrogen-bond acceptors (Lipinski definition) is 4. The maximum atomic E-state index is 12.1. The molecule has 0 fully saturated rings. The molecule has 0 aliphatic carbocycles. The predicted octanol–water partition coefficient (Wildman–Crippen LogP) is 3.18. The Morgan fingerprint density at radius 3 is 2.83 bits per heavy atom. The zero-order valence-corrected chi connectivity index (χ0v) is 12.3. The summed E-state index contributed by atoms with van der Waals surface area (Å²) in [6.45, 7) is 5.87. The van der Waals surface area contributed by atoms with Gasteiger partial charge >= 0.3 is 0 Å². The van der Waals surface area contributed by atoms with Crippen LogP contribution < -0.4 is 5.32 Å². The second-order valence-corrected chi connectivity index (χ2v) is 6.54. The van der Waals surface area contributed by atoms with E-state index in [1.165, 1.54) is 5.56 Å². The third kappa shape index (κ3) is 3.17. The maximum absolute atomic E-state index is 12.1. The highest BCUT2D eigenvalue weighted by molar-refractivity contribution is 7.11. The first-order valence-electron chi connectivity index (χ1n) is 5.82. The summed E-state index contributed by atoms with van der Waals surface area (Å²) in [5, 5.41) is 8.10. The van der Waals surface area contributed by atoms with Crippen LogP contribution in [-0.4, -0.2) is 16.9 Å². The number of carbonyl (C=O) groups excluding carboxylic acids is 1. The number of rotatable bonds is 4. The van der Waals surface area contributed by atoms with Gasteiger partial charge in [0.2, 0.25) is 0 Å². The van der Waals surface area contributed by atoms with Crippen LogP contribution in [0.1, 0.15) is 32.9 Å². The van der Waals surface area contributed by atoms with Crippen molar-refractivity contribution in [2.24, 2.45) is 0 Å². The SMILES string of the molecule is Cc1nc(C(=O)N[C@@H](C)Cc2ccsc2)c(C)s1. The summed E-state index contributed by atoms with van der Waals surface area (Å²) in [4.78, 5) is 17.3. The Hall–Kier alpha value is -1.20. The molecule has 0 radical (unpaired) electrons. The minimum absolute atomic E-state index is 0.0698. The number of hydrogen-bond donors (Lipinski definition) is 1. The van der Waals surface area contributed by atoms with Crippen LogP contribution in [0.4, 0.5) is 0 Å². The molecular formula is C13H16N2OS2. The Balaban J connectivity index is 1.97. The molecule has 5 heteroatoms. The molecule has 2 aromatic heterocycles. The average Bonchev–Trinajstić information content (AvgIpc) is 2.88. The van der Waals surface area contributed by atoms with E-state index in [-0.39, 0.29) is 11.9 Å². The molecule has 0 unspecified atom stereocenters. The molecule has 0 bridgehead atoms. The van der Waals surface area contributed by atoms with E-state index >= 15 is 0 Å². The van der Waals surface area contributed by atoms with Crippen LogP contribution in [0.3, 0.4) is 0 Å². The average molecular weight is 280 g/mol. The van der Waals surface area contributed by atoms with E-state index < -0.39 is 0 Å². The molecule has 1 amide bonds. The van der Waals surface area contributed by atoms with Crippen molar-refractivity contribution in [1.29, 1.82) is 0 Å². The quantitative estimate of drug-likeness (QED) is 0.934. The van der Waals surface area contributed by atoms with Gasteiger partial charge in [-0.1, -0.05) is 0 Å². The number of aryl methyl sites for hydroxylation is 2. The van der Waals surface area contributed by atoms with Crippen molar-refractivity contribution in [3.63, 3.8) is 0 Å². The third-order valence-electron chi connectivity index (χ3n) is 2.62. The predicted molar refractivity (Wildman–Crippen MR) is 76.5 cm³/mol. The topological polar surface area (TPSA) is 42.0 Å². The molecule has 3 nitrogen and oxygen atoms in total. The molecule has 0 saturated heterocycles. The van der Waals surface area contributed by atoms with Gasteiger partial charge in [-0.05, 0) is 49.6 Å². The second kappa shape index (κ2) is 5.63. The van der Waals surface area contributed by atoms with Gasteiger partial charge in [0, 0.05) is 10.9 Å². The fraction of sp³-hybridized carbons (Fsp3) is 0.385. The number of nitrogens with zero attached hydrogens (tertiary/aromatic N) is 1. The number of amides is 1. The number of aromatic nitrogens is 1. The highest BCUT2D eigenvalue weighted by Crippen LogP contribution is 2.16. The summed E-state index contributed by atoms with van der Waals surface area (Å²) in [6.07, 6.45) is 0.859. The number of carbonyl (C=O) groups is 1. The molecule has 0 aliphatic heterocycles. The normalized spacial score (nSPS) is 12.4. The van der Waals surface area contributed by atoms with Crippen molar-refractivity contribution in [3.8, 4) is 0 Å². The van der Waals surface area contributed by atoms with Crippen molar-refractivity contribution in [1.82, 2.24) is 10.3 Å². The second-order valence-electron chi connectivity index (χ2n) is 4.35. The fourth-order valence-corrected chi connectivity index (χ4v) is 3.34. The number of thiophene rings is 1. The van der Waals surface area contributed by atoms with Gasteiger partial charge in [-0.15, -0.1) is 11.3 Å². The molecule has 2 rings (SSSR count). The van der Waals surface area contributed by atoms with Crippen molar-refractivity contribution >= 4 is 28.6 Å². The van der Waals surface area contributed by atoms with E-state index in [9.17, 15) is 4.79 Å². The van der Waals surface area contributed by atoms with Crippen molar-refractivity contribution in [3.05, 3.63) is 38.0 Å². The fourth-order valence-electron chi connectivity index (χ4n) is 1.85. The van der Waals surface area contributed by atoms with Crippen LogP contribution in [0, 0.1) is 13.8 Å². The smallest absolute Gasteiger partial charge is 0.271 e. The van der Waals surface area contributed by atoms with Gasteiger partial charge in [0.25, 0.3) is 5.91 Å². The zero-order chi connectivity index (χ0) is 13.1. The standard InChI is InChI=1S/C13H16N2OS2/c1-8(6-11-4-5-17-7-11)14-13(16)12-9(2)18-10(3)15-12/h4-5,7-8H,6H2,1-3H3,(H,14,16)/t8-/m0/s1. The lowest BCUT2D eigenvalue weighted by Crippen LogP contribution is -2.34. The summed E-state index contributed by atoms with van der Waals surface area (Å²) in [7, 11) is 0. The van der Waals surface area contributed by atoms with Gasteiger partial charge in [-0.3, -0.25) is 4.79 Å². The molecule has 2 heterocycles. The molecule has 0 aromatic carbocycles. The summed E-state index contributed by atoms with van der Waals surface area (Å²) >= 11 is 3.24. The lowest BCUT2D eigenvalue weighted by Gasteiger charge is -2.12. The van der Waals surface area contributed by atoms with Crippen LogP contribution in [0.2, 0.25) is 0 Å². The van der Waals surface area contributed by atoms with Crippen molar-refractivity contribution in [2.45, 2.75) is 33.2 Å². The van der Waals surface area contributed by atoms with E-state index in [0.29, 0.717) is 5.69 Å². The highest BCUT2D eigenvalue weighted by atomic mass is 32.1. The van der Waals surface area contributed by atoms with Crippen molar-refractivity contribution < 1.29 is 4.79 Å². The van der Waals surface area contributed by atoms with E-state index in [1.54, 1.807) is 22.7 Å². The molecule has 1 atom stereocenters. The zero-order valence-electron chi connectivity index (χ0n) is 10.7. The van der Waals surface area contributed by atoms with Gasteiger partial charge in [0.15, 0.2) is 0 Å². The van der Waals surface area contributed by atoms with Gasteiger partial charge < -0.3 is 5.32 Å². The molecular weight excluding hydrogens is 264 g/mol. The molecule has 1 N–H and O–H groups in total. The lowest BCUT2D eigenvalue weighted by molar-refractivity contribution is 0.0935. The highest BCUT2D eigenvalue weighted by Gasteiger charge is 2.16. The Morgan fingerprint density at radius 1 is 1.50 bits per heavy atom. The minimum Gasteiger partial charge on any atom is -0.348 e. The van der Waals surface area contributed by atoms with Gasteiger partial charge in [0.1, 0.15) is 5.69 Å². The van der Waals surface area contributed by atoms with Crippen LogP contribution in [-0.2, 0) is 6.42 Å². The summed E-state index contributed by atoms with van der Waals surface area (Å²) < 4.78 is 0. The summed E-state index contributed by atoms with van der Waals surface area (Å²) in [5.74, 6) is -0.0698. The monoisotopic (exact) mass is 280 g/mol. The van der Waals surface area contributed by atoms with E-state index in [4.69, 9.17) is 0 Å². The molecule has 0 spiro atoms. The van der Waals surface area contributed by atoms with Crippen molar-refractivity contribution in [2.75, 3.05) is 0 Å². The minimum atomic E-state index is -0.0698. The Bertz CT molecular complexity index is 531. The molecule has 96 valence electrons. The molecule has 0 saturated carbocycles. The van der Waals surface area contributed by atoms with E-state index in [2.05, 4.69) is 27.1 Å². The molecule has 2 aromatic rings. The Labute approximate surface area is 115 Å². The van der Waals surface area contributed by atoms with Gasteiger partial charge in [0.05, 0.1) is 5.01 Å². The maximum Gasteiger partial charge on any atom is 0.271 e. The molecule has 0 aliphatic rings. The van der Waals surface area contributed by atoms with Gasteiger partial charge in [-0.2, -0.15) is 11.3 Å². The first kappa shape index (κ1) is 13.2. The largest absolute Gasteiger partial charge is 0.348 e. The van der Waals surface area contributed by atoms with E-state index in [1.807, 2.05) is 20.8 Å². The molecule has 18 heavy (non-hydrogen) atoms. The van der Waals surface area contributed by atoms with Crippen LogP contribution in [0.5, 0.6) is 0 Å². The Kier molecular flexibility index (Phi) is 4.14. The summed E-state index contributed by atoms with van der Waals surface area (Å²) in [6, 6.07) is 2.21. The van der Waals surface area contributed by atoms with Gasteiger partial charge in [-0.25, -0.2) is 4.98 Å². The third-order valence-corrected chi connectivity index (χ3v) is 4.24. The van der Waals surface area contributed by atoms with Crippen LogP contribution >= 0.6 is 22.7 Å². The Morgan fingerprint density at radius 2 is 2.28 bits per heavy atom. The first-order valence-corrected chi connectivity index (χ1v) is 7.58. The number of thiazole rings is 1. The van der Waals surface area contributed by atoms with Crippen LogP contribution in [0.15, 0.2) is 16.8 Å². The van der Waals surface area contributed by atoms with Crippen LogP contribution in [0.25, 0.3) is 0 Å². The van der Waals surface area contributed by atoms with E-state index in [0.717, 1.165) is 16.3 Å². The summed E-state index contributed by atoms with van der Waals surface area (Å²) in [5.41, 5.74) is 1.83. The number of nitrogens with one attached hydrogen (secondary N) is 1. The first-order chi connectivity index (χ1) is 8.56.